The average Bonchev–Trinajstić information content (AvgIpc) is 2.52. The summed E-state index contributed by atoms with van der Waals surface area (Å²) in [7, 11) is 0. The molecule has 1 atom stereocenters. The van der Waals surface area contributed by atoms with E-state index in [2.05, 4.69) is 16.8 Å². The number of hydrogen-bond donors (Lipinski definition) is 2. The lowest BCUT2D eigenvalue weighted by atomic mass is 10.0. The standard InChI is InChI=1S/C15H18N2O3/c18-9-3-4-12-6-7-14(16-10-12)15(20)17-8-2-1-5-13(17)11-19/h6-7,10,13,18-19H,1-2,5,8-9,11H2. The molecule has 106 valence electrons. The van der Waals surface area contributed by atoms with Crippen LogP contribution in [0.5, 0.6) is 0 Å². The van der Waals surface area contributed by atoms with Gasteiger partial charge < -0.3 is 15.1 Å². The number of pyridine rings is 1. The molecule has 0 aromatic carbocycles. The average molecular weight is 274 g/mol. The van der Waals surface area contributed by atoms with Crippen LogP contribution in [0.4, 0.5) is 0 Å². The summed E-state index contributed by atoms with van der Waals surface area (Å²) >= 11 is 0. The third kappa shape index (κ3) is 3.35. The smallest absolute Gasteiger partial charge is 0.272 e. The molecular weight excluding hydrogens is 256 g/mol. The van der Waals surface area contributed by atoms with Gasteiger partial charge in [0.2, 0.25) is 0 Å². The van der Waals surface area contributed by atoms with Crippen molar-refractivity contribution in [1.82, 2.24) is 9.88 Å². The summed E-state index contributed by atoms with van der Waals surface area (Å²) in [5, 5.41) is 18.0. The van der Waals surface area contributed by atoms with Crippen molar-refractivity contribution in [3.05, 3.63) is 29.6 Å². The molecule has 1 aliphatic heterocycles. The number of aliphatic hydroxyl groups excluding tert-OH is 2. The molecule has 0 saturated carbocycles. The number of carbonyl (C=O) groups is 1. The molecular formula is C15H18N2O3. The number of likely N-dealkylation sites (tertiary alicyclic amines) is 1. The van der Waals surface area contributed by atoms with Gasteiger partial charge in [-0.3, -0.25) is 4.79 Å². The molecule has 1 amide bonds. The lowest BCUT2D eigenvalue weighted by Crippen LogP contribution is -2.45. The lowest BCUT2D eigenvalue weighted by Gasteiger charge is -2.34. The van der Waals surface area contributed by atoms with Crippen LogP contribution >= 0.6 is 0 Å². The van der Waals surface area contributed by atoms with Gasteiger partial charge in [-0.05, 0) is 31.4 Å². The molecule has 2 N–H and O–H groups in total. The van der Waals surface area contributed by atoms with Crippen molar-refractivity contribution in [2.24, 2.45) is 0 Å². The van der Waals surface area contributed by atoms with E-state index in [4.69, 9.17) is 5.11 Å². The number of aromatic nitrogens is 1. The third-order valence-corrected chi connectivity index (χ3v) is 3.39. The van der Waals surface area contributed by atoms with Gasteiger partial charge in [-0.1, -0.05) is 11.8 Å². The summed E-state index contributed by atoms with van der Waals surface area (Å²) in [5.74, 6) is 5.11. The Hall–Kier alpha value is -1.90. The molecule has 1 aromatic rings. The number of carbonyl (C=O) groups excluding carboxylic acids is 1. The molecule has 5 heteroatoms. The summed E-state index contributed by atoms with van der Waals surface area (Å²) in [5.41, 5.74) is 1.02. The molecule has 0 bridgehead atoms. The van der Waals surface area contributed by atoms with E-state index < -0.39 is 0 Å². The molecule has 2 rings (SSSR count). The zero-order valence-corrected chi connectivity index (χ0v) is 11.2. The van der Waals surface area contributed by atoms with Gasteiger partial charge in [0.25, 0.3) is 5.91 Å². The summed E-state index contributed by atoms with van der Waals surface area (Å²) in [6.45, 7) is 0.455. The van der Waals surface area contributed by atoms with Crippen molar-refractivity contribution < 1.29 is 15.0 Å². The van der Waals surface area contributed by atoms with Crippen LogP contribution in [0.25, 0.3) is 0 Å². The molecule has 0 radical (unpaired) electrons. The quantitative estimate of drug-likeness (QED) is 0.766. The first-order valence-corrected chi connectivity index (χ1v) is 6.74. The van der Waals surface area contributed by atoms with E-state index in [0.717, 1.165) is 19.3 Å². The minimum atomic E-state index is -0.202. The SMILES string of the molecule is O=C(c1ccc(C#CCO)cn1)N1CCCCC1CO. The first kappa shape index (κ1) is 14.5. The minimum absolute atomic E-state index is 0.00814. The Morgan fingerprint density at radius 2 is 2.25 bits per heavy atom. The van der Waals surface area contributed by atoms with Crippen LogP contribution < -0.4 is 0 Å². The maximum atomic E-state index is 12.4. The van der Waals surface area contributed by atoms with Gasteiger partial charge >= 0.3 is 0 Å². The number of amides is 1. The highest BCUT2D eigenvalue weighted by Gasteiger charge is 2.27. The Balaban J connectivity index is 2.12. The molecule has 1 aliphatic rings. The second kappa shape index (κ2) is 7.04. The summed E-state index contributed by atoms with van der Waals surface area (Å²) in [4.78, 5) is 18.2. The Morgan fingerprint density at radius 3 is 2.90 bits per heavy atom. The summed E-state index contributed by atoms with van der Waals surface area (Å²) < 4.78 is 0. The van der Waals surface area contributed by atoms with Crippen LogP contribution in [0.15, 0.2) is 18.3 Å². The van der Waals surface area contributed by atoms with Crippen molar-refractivity contribution in [2.75, 3.05) is 19.8 Å². The fourth-order valence-corrected chi connectivity index (χ4v) is 2.34. The van der Waals surface area contributed by atoms with E-state index in [1.807, 2.05) is 0 Å². The first-order valence-electron chi connectivity index (χ1n) is 6.74. The van der Waals surface area contributed by atoms with E-state index in [1.54, 1.807) is 17.0 Å². The molecule has 1 fully saturated rings. The van der Waals surface area contributed by atoms with Crippen LogP contribution in [0.2, 0.25) is 0 Å². The molecule has 1 unspecified atom stereocenters. The number of rotatable bonds is 2. The molecule has 0 aliphatic carbocycles. The Labute approximate surface area is 118 Å². The van der Waals surface area contributed by atoms with E-state index in [-0.39, 0.29) is 25.2 Å². The second-order valence-electron chi connectivity index (χ2n) is 4.72. The van der Waals surface area contributed by atoms with Crippen molar-refractivity contribution >= 4 is 5.91 Å². The predicted octanol–water partition coefficient (Wildman–Crippen LogP) is 0.412. The fraction of sp³-hybridized carbons (Fsp3) is 0.467. The maximum Gasteiger partial charge on any atom is 0.272 e. The molecule has 1 saturated heterocycles. The van der Waals surface area contributed by atoms with E-state index >= 15 is 0 Å². The van der Waals surface area contributed by atoms with Gasteiger partial charge in [0.15, 0.2) is 0 Å². The Bertz CT molecular complexity index is 516. The van der Waals surface area contributed by atoms with E-state index in [0.29, 0.717) is 17.8 Å². The van der Waals surface area contributed by atoms with Crippen LogP contribution in [-0.2, 0) is 0 Å². The summed E-state index contributed by atoms with van der Waals surface area (Å²) in [6.07, 6.45) is 4.36. The van der Waals surface area contributed by atoms with Crippen LogP contribution in [-0.4, -0.2) is 51.8 Å². The largest absolute Gasteiger partial charge is 0.394 e. The van der Waals surface area contributed by atoms with Gasteiger partial charge in [-0.15, -0.1) is 0 Å². The Kier molecular flexibility index (Phi) is 5.10. The molecule has 20 heavy (non-hydrogen) atoms. The normalized spacial score (nSPS) is 18.3. The fourth-order valence-electron chi connectivity index (χ4n) is 2.34. The first-order chi connectivity index (χ1) is 9.76. The van der Waals surface area contributed by atoms with Gasteiger partial charge in [0, 0.05) is 18.3 Å². The predicted molar refractivity (Wildman–Crippen MR) is 74.0 cm³/mol. The highest BCUT2D eigenvalue weighted by molar-refractivity contribution is 5.92. The monoisotopic (exact) mass is 274 g/mol. The number of aliphatic hydroxyl groups is 2. The van der Waals surface area contributed by atoms with E-state index in [9.17, 15) is 9.90 Å². The maximum absolute atomic E-state index is 12.4. The second-order valence-corrected chi connectivity index (χ2v) is 4.72. The molecule has 2 heterocycles. The van der Waals surface area contributed by atoms with E-state index in [1.165, 1.54) is 6.20 Å². The van der Waals surface area contributed by atoms with Crippen molar-refractivity contribution in [2.45, 2.75) is 25.3 Å². The van der Waals surface area contributed by atoms with Crippen LogP contribution in [0, 0.1) is 11.8 Å². The van der Waals surface area contributed by atoms with Crippen molar-refractivity contribution in [3.8, 4) is 11.8 Å². The zero-order valence-electron chi connectivity index (χ0n) is 11.2. The highest BCUT2D eigenvalue weighted by atomic mass is 16.3. The van der Waals surface area contributed by atoms with Gasteiger partial charge in [0.1, 0.15) is 12.3 Å². The lowest BCUT2D eigenvalue weighted by molar-refractivity contribution is 0.0497. The Morgan fingerprint density at radius 1 is 1.40 bits per heavy atom. The van der Waals surface area contributed by atoms with Crippen molar-refractivity contribution in [3.63, 3.8) is 0 Å². The van der Waals surface area contributed by atoms with Crippen LogP contribution in [0.3, 0.4) is 0 Å². The highest BCUT2D eigenvalue weighted by Crippen LogP contribution is 2.18. The van der Waals surface area contributed by atoms with Gasteiger partial charge in [-0.2, -0.15) is 0 Å². The van der Waals surface area contributed by atoms with Gasteiger partial charge in [0.05, 0.1) is 12.6 Å². The molecule has 5 nitrogen and oxygen atoms in total. The van der Waals surface area contributed by atoms with Crippen molar-refractivity contribution in [1.29, 1.82) is 0 Å². The zero-order chi connectivity index (χ0) is 14.4. The number of nitrogens with zero attached hydrogens (tertiary/aromatic N) is 2. The van der Waals surface area contributed by atoms with Gasteiger partial charge in [-0.25, -0.2) is 4.98 Å². The summed E-state index contributed by atoms with van der Waals surface area (Å²) in [6, 6.07) is 3.24. The van der Waals surface area contributed by atoms with Crippen LogP contribution in [0.1, 0.15) is 35.3 Å². The molecule has 0 spiro atoms. The number of piperidine rings is 1. The minimum Gasteiger partial charge on any atom is -0.394 e. The third-order valence-electron chi connectivity index (χ3n) is 3.39. The molecule has 1 aromatic heterocycles. The topological polar surface area (TPSA) is 73.7 Å². The number of hydrogen-bond acceptors (Lipinski definition) is 4.